The molecule has 0 saturated carbocycles. The summed E-state index contributed by atoms with van der Waals surface area (Å²) >= 11 is 0. The van der Waals surface area contributed by atoms with Crippen LogP contribution in [0.2, 0.25) is 0 Å². The number of hydrogen-bond acceptors (Lipinski definition) is 7. The number of fused-ring (bicyclic) bond motifs is 1. The minimum atomic E-state index is -4.07. The molecule has 0 atom stereocenters. The molecule has 0 aliphatic carbocycles. The van der Waals surface area contributed by atoms with Crippen molar-refractivity contribution in [2.75, 3.05) is 18.9 Å². The van der Waals surface area contributed by atoms with Crippen LogP contribution >= 0.6 is 0 Å². The van der Waals surface area contributed by atoms with E-state index in [1.807, 2.05) is 0 Å². The number of amides is 2. The van der Waals surface area contributed by atoms with Gasteiger partial charge in [0.25, 0.3) is 31.9 Å². The monoisotopic (exact) mass is 425 g/mol. The van der Waals surface area contributed by atoms with E-state index in [4.69, 9.17) is 0 Å². The van der Waals surface area contributed by atoms with Gasteiger partial charge < -0.3 is 0 Å². The van der Waals surface area contributed by atoms with Crippen molar-refractivity contribution in [3.8, 4) is 0 Å². The molecule has 148 valence electrons. The van der Waals surface area contributed by atoms with Gasteiger partial charge in [0.15, 0.2) is 0 Å². The quantitative estimate of drug-likeness (QED) is 0.509. The second kappa shape index (κ2) is 6.98. The summed E-state index contributed by atoms with van der Waals surface area (Å²) in [6, 6.07) is 8.54. The number of benzene rings is 2. The molecule has 2 aromatic carbocycles. The van der Waals surface area contributed by atoms with E-state index in [0.29, 0.717) is 4.47 Å². The molecule has 0 aromatic heterocycles. The number of carbonyl (C=O) groups excluding carboxylic acids is 2. The molecule has 0 fully saturated rings. The van der Waals surface area contributed by atoms with E-state index in [1.54, 1.807) is 0 Å². The highest BCUT2D eigenvalue weighted by molar-refractivity contribution is 7.92. The van der Waals surface area contributed by atoms with Gasteiger partial charge in [-0.15, -0.1) is 0 Å². The molecule has 0 radical (unpaired) electrons. The second-order valence-corrected chi connectivity index (χ2v) is 9.34. The molecule has 3 rings (SSSR count). The van der Waals surface area contributed by atoms with Gasteiger partial charge in [-0.3, -0.25) is 24.5 Å². The highest BCUT2D eigenvalue weighted by atomic mass is 32.2. The van der Waals surface area contributed by atoms with Gasteiger partial charge in [-0.25, -0.2) is 16.8 Å². The number of anilines is 1. The van der Waals surface area contributed by atoms with Crippen molar-refractivity contribution in [1.82, 2.24) is 9.79 Å². The fraction of sp³-hybridized carbons (Fsp3) is 0.125. The Kier molecular flexibility index (Phi) is 4.97. The molecule has 0 spiro atoms. The Morgan fingerprint density at radius 3 is 2.07 bits per heavy atom. The SMILES string of the molecule is CON(C)S(=O)(=O)c1ccc(NS(=O)(=O)c2ccc3c(c2)C(=O)NC3=O)cc1. The van der Waals surface area contributed by atoms with Crippen molar-refractivity contribution in [2.45, 2.75) is 9.79 Å². The maximum atomic E-state index is 12.6. The fourth-order valence-electron chi connectivity index (χ4n) is 2.47. The number of hydroxylamine groups is 1. The molecule has 0 saturated heterocycles. The molecule has 2 N–H and O–H groups in total. The zero-order valence-corrected chi connectivity index (χ0v) is 16.3. The Labute approximate surface area is 161 Å². The van der Waals surface area contributed by atoms with Gasteiger partial charge >= 0.3 is 0 Å². The van der Waals surface area contributed by atoms with E-state index in [1.165, 1.54) is 50.6 Å². The van der Waals surface area contributed by atoms with Crippen LogP contribution in [0, 0.1) is 0 Å². The third-order valence-electron chi connectivity index (χ3n) is 4.02. The Bertz CT molecular complexity index is 1170. The van der Waals surface area contributed by atoms with Crippen LogP contribution in [0.15, 0.2) is 52.3 Å². The normalized spacial score (nSPS) is 14.1. The fourth-order valence-corrected chi connectivity index (χ4v) is 4.53. The summed E-state index contributed by atoms with van der Waals surface area (Å²) in [6.45, 7) is 0. The third-order valence-corrected chi connectivity index (χ3v) is 7.09. The zero-order valence-electron chi connectivity index (χ0n) is 14.7. The van der Waals surface area contributed by atoms with Gasteiger partial charge in [-0.1, -0.05) is 4.47 Å². The van der Waals surface area contributed by atoms with Crippen molar-refractivity contribution in [2.24, 2.45) is 0 Å². The first kappa shape index (κ1) is 19.9. The lowest BCUT2D eigenvalue weighted by molar-refractivity contribution is -0.0258. The van der Waals surface area contributed by atoms with Crippen molar-refractivity contribution in [3.63, 3.8) is 0 Å². The summed E-state index contributed by atoms with van der Waals surface area (Å²) in [4.78, 5) is 27.6. The van der Waals surface area contributed by atoms with Crippen molar-refractivity contribution < 1.29 is 31.3 Å². The standard InChI is InChI=1S/C16H15N3O7S2/c1-19(26-2)28(24,25)11-5-3-10(4-6-11)18-27(22,23)12-7-8-13-14(9-12)16(21)17-15(13)20/h3-9,18H,1-2H3,(H,17,20,21). The average Bonchev–Trinajstić information content (AvgIpc) is 2.94. The number of nitrogens with one attached hydrogen (secondary N) is 2. The summed E-state index contributed by atoms with van der Waals surface area (Å²) < 4.78 is 52.4. The first-order chi connectivity index (χ1) is 13.1. The molecule has 28 heavy (non-hydrogen) atoms. The Morgan fingerprint density at radius 1 is 0.893 bits per heavy atom. The lowest BCUT2D eigenvalue weighted by atomic mass is 10.1. The number of imide groups is 1. The molecule has 1 aliphatic heterocycles. The van der Waals surface area contributed by atoms with Crippen molar-refractivity contribution in [3.05, 3.63) is 53.6 Å². The molecule has 12 heteroatoms. The van der Waals surface area contributed by atoms with E-state index < -0.39 is 31.9 Å². The molecule has 1 heterocycles. The summed E-state index contributed by atoms with van der Waals surface area (Å²) in [6.07, 6.45) is 0. The lowest BCUT2D eigenvalue weighted by Crippen LogP contribution is -2.25. The first-order valence-electron chi connectivity index (χ1n) is 7.72. The van der Waals surface area contributed by atoms with E-state index in [-0.39, 0.29) is 26.6 Å². The highest BCUT2D eigenvalue weighted by Crippen LogP contribution is 2.23. The molecular formula is C16H15N3O7S2. The number of hydrogen-bond donors (Lipinski definition) is 2. The summed E-state index contributed by atoms with van der Waals surface area (Å²) in [5.74, 6) is -1.26. The number of nitrogens with zero attached hydrogens (tertiary/aromatic N) is 1. The van der Waals surface area contributed by atoms with Crippen LogP contribution in [-0.2, 0) is 24.9 Å². The highest BCUT2D eigenvalue weighted by Gasteiger charge is 2.29. The Balaban J connectivity index is 1.87. The predicted molar refractivity (Wildman–Crippen MR) is 97.4 cm³/mol. The van der Waals surface area contributed by atoms with Gasteiger partial charge in [0.2, 0.25) is 0 Å². The largest absolute Gasteiger partial charge is 0.288 e. The molecule has 0 unspecified atom stereocenters. The van der Waals surface area contributed by atoms with Crippen LogP contribution in [0.3, 0.4) is 0 Å². The summed E-state index contributed by atoms with van der Waals surface area (Å²) in [7, 11) is -5.51. The van der Waals surface area contributed by atoms with Crippen LogP contribution in [0.5, 0.6) is 0 Å². The van der Waals surface area contributed by atoms with Gasteiger partial charge in [0.1, 0.15) is 0 Å². The molecule has 0 bridgehead atoms. The van der Waals surface area contributed by atoms with Crippen molar-refractivity contribution in [1.29, 1.82) is 0 Å². The Morgan fingerprint density at radius 2 is 1.46 bits per heavy atom. The van der Waals surface area contributed by atoms with Crippen LogP contribution in [0.25, 0.3) is 0 Å². The van der Waals surface area contributed by atoms with Gasteiger partial charge in [-0.05, 0) is 42.5 Å². The van der Waals surface area contributed by atoms with E-state index >= 15 is 0 Å². The van der Waals surface area contributed by atoms with Crippen LogP contribution in [0.4, 0.5) is 5.69 Å². The first-order valence-corrected chi connectivity index (χ1v) is 10.6. The minimum absolute atomic E-state index is 0.0306. The van der Waals surface area contributed by atoms with E-state index in [2.05, 4.69) is 14.9 Å². The minimum Gasteiger partial charge on any atom is -0.288 e. The average molecular weight is 425 g/mol. The molecule has 10 nitrogen and oxygen atoms in total. The number of carbonyl (C=O) groups is 2. The smallest absolute Gasteiger partial charge is 0.264 e. The zero-order chi connectivity index (χ0) is 20.7. The predicted octanol–water partition coefficient (Wildman–Crippen LogP) is 0.553. The van der Waals surface area contributed by atoms with Gasteiger partial charge in [0, 0.05) is 12.7 Å². The van der Waals surface area contributed by atoms with Gasteiger partial charge in [-0.2, -0.15) is 0 Å². The topological polar surface area (TPSA) is 139 Å². The molecule has 2 aromatic rings. The maximum absolute atomic E-state index is 12.6. The molecule has 1 aliphatic rings. The third kappa shape index (κ3) is 3.49. The number of rotatable bonds is 6. The van der Waals surface area contributed by atoms with E-state index in [0.717, 1.165) is 6.07 Å². The Hall–Kier alpha value is -2.80. The van der Waals surface area contributed by atoms with E-state index in [9.17, 15) is 26.4 Å². The van der Waals surface area contributed by atoms with Crippen LogP contribution in [0.1, 0.15) is 20.7 Å². The summed E-state index contributed by atoms with van der Waals surface area (Å²) in [5, 5.41) is 2.08. The molecule has 2 amide bonds. The molecular weight excluding hydrogens is 410 g/mol. The summed E-state index contributed by atoms with van der Waals surface area (Å²) in [5.41, 5.74) is 0.178. The second-order valence-electron chi connectivity index (χ2n) is 5.72. The van der Waals surface area contributed by atoms with Gasteiger partial charge in [0.05, 0.1) is 28.0 Å². The maximum Gasteiger partial charge on any atom is 0.264 e. The lowest BCUT2D eigenvalue weighted by Gasteiger charge is -2.14. The number of sulfonamides is 2. The van der Waals surface area contributed by atoms with Crippen LogP contribution in [-0.4, -0.2) is 47.3 Å². The van der Waals surface area contributed by atoms with Crippen LogP contribution < -0.4 is 10.0 Å². The van der Waals surface area contributed by atoms with Crippen molar-refractivity contribution >= 4 is 37.5 Å².